The normalized spacial score (nSPS) is 14.8. The number of hydrogen-bond acceptors (Lipinski definition) is 5. The van der Waals surface area contributed by atoms with Gasteiger partial charge in [0, 0.05) is 16.6 Å². The Bertz CT molecular complexity index is 1070. The number of aromatic nitrogens is 2. The van der Waals surface area contributed by atoms with Crippen molar-refractivity contribution in [3.05, 3.63) is 59.5 Å². The van der Waals surface area contributed by atoms with Crippen LogP contribution in [0.1, 0.15) is 49.7 Å². The van der Waals surface area contributed by atoms with E-state index in [2.05, 4.69) is 41.8 Å². The summed E-state index contributed by atoms with van der Waals surface area (Å²) < 4.78 is 7.75. The van der Waals surface area contributed by atoms with E-state index >= 15 is 0 Å². The number of fused-ring (bicyclic) bond motifs is 1. The molecule has 2 aromatic heterocycles. The summed E-state index contributed by atoms with van der Waals surface area (Å²) in [6.07, 6.45) is 1.61. The van der Waals surface area contributed by atoms with E-state index in [0.29, 0.717) is 23.9 Å². The van der Waals surface area contributed by atoms with Crippen molar-refractivity contribution in [3.63, 3.8) is 0 Å². The molecule has 0 N–H and O–H groups in total. The number of hydrogen-bond donors (Lipinski definition) is 0. The molecule has 0 saturated heterocycles. The van der Waals surface area contributed by atoms with Gasteiger partial charge < -0.3 is 14.1 Å². The highest BCUT2D eigenvalue weighted by atomic mass is 32.1. The first-order valence-electron chi connectivity index (χ1n) is 9.49. The molecule has 6 heteroatoms. The Morgan fingerprint density at radius 1 is 1.25 bits per heavy atom. The average molecular weight is 394 g/mol. The molecule has 1 aromatic carbocycles. The van der Waals surface area contributed by atoms with Gasteiger partial charge in [-0.1, -0.05) is 25.1 Å². The van der Waals surface area contributed by atoms with Crippen molar-refractivity contribution < 1.29 is 9.57 Å². The lowest BCUT2D eigenvalue weighted by molar-refractivity contribution is 0.348. The highest BCUT2D eigenvalue weighted by Crippen LogP contribution is 2.30. The molecule has 3 heterocycles. The Kier molecular flexibility index (Phi) is 5.13. The van der Waals surface area contributed by atoms with Crippen LogP contribution in [0.5, 0.6) is 5.75 Å². The summed E-state index contributed by atoms with van der Waals surface area (Å²) >= 11 is 5.08. The highest BCUT2D eigenvalue weighted by molar-refractivity contribution is 7.80. The number of ether oxygens (including phenoxy) is 1. The monoisotopic (exact) mass is 393 g/mol. The number of rotatable bonds is 6. The molecular weight excluding hydrogens is 370 g/mol. The molecule has 0 bridgehead atoms. The van der Waals surface area contributed by atoms with Gasteiger partial charge >= 0.3 is 0 Å². The topological polar surface area (TPSA) is 48.6 Å². The molecule has 1 aliphatic rings. The zero-order valence-corrected chi connectivity index (χ0v) is 17.1. The van der Waals surface area contributed by atoms with Crippen molar-refractivity contribution in [2.24, 2.45) is 5.16 Å². The predicted molar refractivity (Wildman–Crippen MR) is 115 cm³/mol. The van der Waals surface area contributed by atoms with Crippen molar-refractivity contribution in [1.29, 1.82) is 0 Å². The first kappa shape index (κ1) is 18.6. The van der Waals surface area contributed by atoms with Gasteiger partial charge in [-0.25, -0.2) is 4.98 Å². The van der Waals surface area contributed by atoms with Crippen LogP contribution in [0, 0.1) is 0 Å². The number of oxime groups is 1. The van der Waals surface area contributed by atoms with Gasteiger partial charge in [-0.15, -0.1) is 0 Å². The van der Waals surface area contributed by atoms with Crippen LogP contribution in [0.4, 0.5) is 0 Å². The van der Waals surface area contributed by atoms with E-state index < -0.39 is 0 Å². The maximum absolute atomic E-state index is 5.40. The van der Waals surface area contributed by atoms with Crippen LogP contribution in [0.15, 0.2) is 47.6 Å². The average Bonchev–Trinajstić information content (AvgIpc) is 3.31. The molecule has 3 aromatic rings. The van der Waals surface area contributed by atoms with Gasteiger partial charge in [0.1, 0.15) is 11.5 Å². The first-order chi connectivity index (χ1) is 13.6. The smallest absolute Gasteiger partial charge is 0.204 e. The second kappa shape index (κ2) is 7.72. The Labute approximate surface area is 170 Å². The van der Waals surface area contributed by atoms with Crippen LogP contribution >= 0.6 is 12.2 Å². The maximum Gasteiger partial charge on any atom is 0.204 e. The summed E-state index contributed by atoms with van der Waals surface area (Å²) in [5.41, 5.74) is 5.08. The fraction of sp³-hybridized carbons (Fsp3) is 0.318. The van der Waals surface area contributed by atoms with E-state index in [-0.39, 0.29) is 0 Å². The van der Waals surface area contributed by atoms with Crippen molar-refractivity contribution in [1.82, 2.24) is 9.55 Å². The van der Waals surface area contributed by atoms with Crippen LogP contribution < -0.4 is 4.74 Å². The Balaban J connectivity index is 1.73. The second-order valence-corrected chi connectivity index (χ2v) is 7.54. The molecule has 1 aliphatic heterocycles. The van der Waals surface area contributed by atoms with E-state index in [9.17, 15) is 0 Å². The van der Waals surface area contributed by atoms with E-state index in [1.807, 2.05) is 24.3 Å². The Hall–Kier alpha value is -2.73. The fourth-order valence-electron chi connectivity index (χ4n) is 3.53. The van der Waals surface area contributed by atoms with Crippen molar-refractivity contribution in [2.45, 2.75) is 39.2 Å². The summed E-state index contributed by atoms with van der Waals surface area (Å²) in [7, 11) is 1.70. The van der Waals surface area contributed by atoms with E-state index in [4.69, 9.17) is 26.8 Å². The number of nitrogens with zero attached hydrogens (tertiary/aromatic N) is 3. The summed E-state index contributed by atoms with van der Waals surface area (Å²) in [6.45, 7) is 5.17. The van der Waals surface area contributed by atoms with Gasteiger partial charge in [-0.05, 0) is 61.0 Å². The number of benzene rings is 1. The van der Waals surface area contributed by atoms with Crippen molar-refractivity contribution in [2.75, 3.05) is 7.11 Å². The SMILES string of the molecule is CCC(C)c1cc2cc(OC)ccc2n1Cc1cccc(C2=NOC(=S)C2)n1. The summed E-state index contributed by atoms with van der Waals surface area (Å²) in [4.78, 5) is 9.89. The molecular formula is C22H23N3O2S. The molecule has 0 spiro atoms. The van der Waals surface area contributed by atoms with Crippen LogP contribution in [-0.4, -0.2) is 27.4 Å². The standard InChI is InChI=1S/C22H23N3O2S/c1-4-14(2)21-11-15-10-17(26-3)8-9-20(15)25(21)13-16-6-5-7-18(23-16)19-12-22(28)27-24-19/h5-11,14H,4,12-13H2,1-3H3. The number of pyridine rings is 1. The van der Waals surface area contributed by atoms with Crippen molar-refractivity contribution >= 4 is 33.9 Å². The summed E-state index contributed by atoms with van der Waals surface area (Å²) in [5.74, 6) is 1.32. The van der Waals surface area contributed by atoms with Gasteiger partial charge in [0.15, 0.2) is 0 Å². The molecule has 1 atom stereocenters. The third kappa shape index (κ3) is 3.52. The molecule has 1 unspecified atom stereocenters. The quantitative estimate of drug-likeness (QED) is 0.549. The molecule has 0 amide bonds. The zero-order valence-electron chi connectivity index (χ0n) is 16.3. The number of thiocarbonyl (C=S) groups is 1. The van der Waals surface area contributed by atoms with Gasteiger partial charge in [-0.3, -0.25) is 0 Å². The lowest BCUT2D eigenvalue weighted by Crippen LogP contribution is -2.10. The number of methoxy groups -OCH3 is 1. The van der Waals surface area contributed by atoms with Gasteiger partial charge in [0.2, 0.25) is 5.05 Å². The second-order valence-electron chi connectivity index (χ2n) is 7.08. The fourth-order valence-corrected chi connectivity index (χ4v) is 3.70. The maximum atomic E-state index is 5.40. The van der Waals surface area contributed by atoms with Gasteiger partial charge in [0.05, 0.1) is 31.5 Å². The molecule has 4 rings (SSSR count). The predicted octanol–water partition coefficient (Wildman–Crippen LogP) is 5.06. The van der Waals surface area contributed by atoms with Gasteiger partial charge in [-0.2, -0.15) is 0 Å². The molecule has 28 heavy (non-hydrogen) atoms. The van der Waals surface area contributed by atoms with Crippen LogP contribution in [0.25, 0.3) is 10.9 Å². The minimum Gasteiger partial charge on any atom is -0.497 e. The first-order valence-corrected chi connectivity index (χ1v) is 9.90. The van der Waals surface area contributed by atoms with E-state index in [1.54, 1.807) is 7.11 Å². The minimum atomic E-state index is 0.451. The molecule has 0 saturated carbocycles. The molecule has 5 nitrogen and oxygen atoms in total. The van der Waals surface area contributed by atoms with Crippen LogP contribution in [0.2, 0.25) is 0 Å². The Morgan fingerprint density at radius 2 is 2.11 bits per heavy atom. The summed E-state index contributed by atoms with van der Waals surface area (Å²) in [6, 6.07) is 14.5. The molecule has 144 valence electrons. The third-order valence-corrected chi connectivity index (χ3v) is 5.47. The third-order valence-electron chi connectivity index (χ3n) is 5.25. The Morgan fingerprint density at radius 3 is 2.82 bits per heavy atom. The van der Waals surface area contributed by atoms with E-state index in [1.165, 1.54) is 16.6 Å². The molecule has 0 radical (unpaired) electrons. The lowest BCUT2D eigenvalue weighted by Gasteiger charge is -2.15. The lowest BCUT2D eigenvalue weighted by atomic mass is 10.0. The minimum absolute atomic E-state index is 0.451. The van der Waals surface area contributed by atoms with Gasteiger partial charge in [0.25, 0.3) is 0 Å². The largest absolute Gasteiger partial charge is 0.497 e. The molecule has 0 aliphatic carbocycles. The highest BCUT2D eigenvalue weighted by Gasteiger charge is 2.19. The van der Waals surface area contributed by atoms with Crippen molar-refractivity contribution in [3.8, 4) is 5.75 Å². The zero-order chi connectivity index (χ0) is 19.7. The van der Waals surface area contributed by atoms with Crippen LogP contribution in [-0.2, 0) is 11.4 Å². The van der Waals surface area contributed by atoms with Crippen LogP contribution in [0.3, 0.4) is 0 Å². The van der Waals surface area contributed by atoms with E-state index in [0.717, 1.165) is 29.3 Å². The summed E-state index contributed by atoms with van der Waals surface area (Å²) in [5, 5.41) is 5.72. The molecule has 0 fully saturated rings.